The fourth-order valence-corrected chi connectivity index (χ4v) is 1.95. The molecule has 0 unspecified atom stereocenters. The topological polar surface area (TPSA) is 99.5 Å². The third-order valence-corrected chi connectivity index (χ3v) is 2.93. The van der Waals surface area contributed by atoms with Crippen molar-refractivity contribution >= 4 is 27.2 Å². The zero-order chi connectivity index (χ0) is 14.5. The number of benzene rings is 1. The molecule has 102 valence electrons. The van der Waals surface area contributed by atoms with Crippen LogP contribution in [0.15, 0.2) is 22.8 Å². The Morgan fingerprint density at radius 3 is 3.00 bits per heavy atom. The van der Waals surface area contributed by atoms with Crippen LogP contribution < -0.4 is 10.1 Å². The Labute approximate surface area is 121 Å². The van der Waals surface area contributed by atoms with Crippen molar-refractivity contribution in [3.63, 3.8) is 0 Å². The van der Waals surface area contributed by atoms with E-state index in [1.165, 1.54) is 25.4 Å². The average molecular weight is 339 g/mol. The second kappa shape index (κ2) is 6.12. The number of nitrogens with zero attached hydrogens (tertiary/aromatic N) is 4. The van der Waals surface area contributed by atoms with E-state index in [-0.39, 0.29) is 11.4 Å². The number of aromatic amines is 1. The molecule has 20 heavy (non-hydrogen) atoms. The Hall–Kier alpha value is -2.47. The molecule has 0 fully saturated rings. The SMILES string of the molecule is COc1cc(F)cc(Br)c1NC=C(C#N)c1nn[nH]n1. The van der Waals surface area contributed by atoms with Gasteiger partial charge in [-0.25, -0.2) is 4.39 Å². The number of halogens is 2. The minimum Gasteiger partial charge on any atom is -0.494 e. The molecule has 1 aromatic heterocycles. The number of rotatable bonds is 4. The molecule has 0 aliphatic heterocycles. The molecule has 0 amide bonds. The lowest BCUT2D eigenvalue weighted by Crippen LogP contribution is -1.97. The lowest BCUT2D eigenvalue weighted by molar-refractivity contribution is 0.413. The van der Waals surface area contributed by atoms with E-state index in [9.17, 15) is 4.39 Å². The fraction of sp³-hybridized carbons (Fsp3) is 0.0909. The molecular formula is C11H8BrFN6O. The van der Waals surface area contributed by atoms with Crippen molar-refractivity contribution in [2.45, 2.75) is 0 Å². The zero-order valence-corrected chi connectivity index (χ0v) is 11.8. The number of allylic oxidation sites excluding steroid dienone is 1. The fourth-order valence-electron chi connectivity index (χ4n) is 1.42. The summed E-state index contributed by atoms with van der Waals surface area (Å²) in [5.41, 5.74) is 0.641. The minimum absolute atomic E-state index is 0.150. The molecule has 0 spiro atoms. The van der Waals surface area contributed by atoms with Gasteiger partial charge in [-0.3, -0.25) is 0 Å². The molecule has 1 aromatic carbocycles. The maximum Gasteiger partial charge on any atom is 0.216 e. The Bertz CT molecular complexity index is 679. The maximum absolute atomic E-state index is 13.2. The third-order valence-electron chi connectivity index (χ3n) is 2.31. The Kier molecular flexibility index (Phi) is 4.27. The summed E-state index contributed by atoms with van der Waals surface area (Å²) in [4.78, 5) is 0. The normalized spacial score (nSPS) is 11.0. The van der Waals surface area contributed by atoms with Crippen LogP contribution in [-0.4, -0.2) is 27.7 Å². The molecule has 0 aliphatic rings. The number of nitriles is 1. The first-order valence-electron chi connectivity index (χ1n) is 5.29. The Morgan fingerprint density at radius 1 is 1.60 bits per heavy atom. The monoisotopic (exact) mass is 338 g/mol. The van der Waals surface area contributed by atoms with E-state index in [1.807, 2.05) is 6.07 Å². The predicted octanol–water partition coefficient (Wildman–Crippen LogP) is 2.09. The highest BCUT2D eigenvalue weighted by molar-refractivity contribution is 9.10. The summed E-state index contributed by atoms with van der Waals surface area (Å²) < 4.78 is 18.8. The van der Waals surface area contributed by atoms with Gasteiger partial charge in [-0.1, -0.05) is 0 Å². The molecule has 2 rings (SSSR count). The van der Waals surface area contributed by atoms with E-state index in [0.29, 0.717) is 15.9 Å². The van der Waals surface area contributed by atoms with Crippen molar-refractivity contribution in [1.82, 2.24) is 20.6 Å². The van der Waals surface area contributed by atoms with Crippen LogP contribution in [0.1, 0.15) is 5.82 Å². The maximum atomic E-state index is 13.2. The summed E-state index contributed by atoms with van der Waals surface area (Å²) >= 11 is 3.22. The minimum atomic E-state index is -0.443. The molecule has 2 N–H and O–H groups in total. The van der Waals surface area contributed by atoms with Gasteiger partial charge in [0.25, 0.3) is 0 Å². The average Bonchev–Trinajstić information content (AvgIpc) is 2.94. The molecule has 2 aromatic rings. The molecule has 0 saturated heterocycles. The Morgan fingerprint density at radius 2 is 2.40 bits per heavy atom. The van der Waals surface area contributed by atoms with Crippen LogP contribution in [-0.2, 0) is 0 Å². The van der Waals surface area contributed by atoms with Gasteiger partial charge in [0.2, 0.25) is 5.82 Å². The highest BCUT2D eigenvalue weighted by atomic mass is 79.9. The zero-order valence-electron chi connectivity index (χ0n) is 10.2. The standard InChI is InChI=1S/C11H8BrFN6O/c1-20-9-3-7(13)2-8(12)10(9)15-5-6(4-14)11-16-18-19-17-11/h2-3,5,15H,1H3,(H,16,17,18,19). The number of nitrogens with one attached hydrogen (secondary N) is 2. The molecule has 0 radical (unpaired) electrons. The largest absolute Gasteiger partial charge is 0.494 e. The van der Waals surface area contributed by atoms with Crippen molar-refractivity contribution in [3.05, 3.63) is 34.4 Å². The summed E-state index contributed by atoms with van der Waals surface area (Å²) in [6.45, 7) is 0. The van der Waals surface area contributed by atoms with Gasteiger partial charge >= 0.3 is 0 Å². The van der Waals surface area contributed by atoms with Crippen molar-refractivity contribution in [3.8, 4) is 11.8 Å². The first kappa shape index (κ1) is 14.0. The highest BCUT2D eigenvalue weighted by Gasteiger charge is 2.11. The van der Waals surface area contributed by atoms with E-state index in [0.717, 1.165) is 0 Å². The molecule has 0 bridgehead atoms. The van der Waals surface area contributed by atoms with Gasteiger partial charge in [-0.15, -0.1) is 10.2 Å². The van der Waals surface area contributed by atoms with E-state index in [2.05, 4.69) is 41.9 Å². The van der Waals surface area contributed by atoms with Crippen molar-refractivity contribution in [2.75, 3.05) is 12.4 Å². The van der Waals surface area contributed by atoms with Crippen LogP contribution in [0.25, 0.3) is 5.57 Å². The number of hydrogen-bond donors (Lipinski definition) is 2. The first-order chi connectivity index (χ1) is 9.65. The van der Waals surface area contributed by atoms with Gasteiger partial charge in [-0.05, 0) is 27.2 Å². The quantitative estimate of drug-likeness (QED) is 0.828. The molecule has 9 heteroatoms. The molecular weight excluding hydrogens is 331 g/mol. The number of ether oxygens (including phenoxy) is 1. The van der Waals surface area contributed by atoms with Crippen LogP contribution in [0, 0.1) is 17.1 Å². The van der Waals surface area contributed by atoms with Gasteiger partial charge in [-0.2, -0.15) is 10.5 Å². The van der Waals surface area contributed by atoms with E-state index in [4.69, 9.17) is 10.00 Å². The Balaban J connectivity index is 2.33. The number of H-pyrrole nitrogens is 1. The first-order valence-corrected chi connectivity index (χ1v) is 6.08. The predicted molar refractivity (Wildman–Crippen MR) is 72.0 cm³/mol. The second-order valence-electron chi connectivity index (χ2n) is 3.51. The number of hydrogen-bond acceptors (Lipinski definition) is 6. The smallest absolute Gasteiger partial charge is 0.216 e. The van der Waals surface area contributed by atoms with Crippen molar-refractivity contribution in [1.29, 1.82) is 5.26 Å². The van der Waals surface area contributed by atoms with Crippen molar-refractivity contribution < 1.29 is 9.13 Å². The highest BCUT2D eigenvalue weighted by Crippen LogP contribution is 2.34. The van der Waals surface area contributed by atoms with Gasteiger partial charge in [0.1, 0.15) is 23.2 Å². The van der Waals surface area contributed by atoms with Crippen LogP contribution in [0.4, 0.5) is 10.1 Å². The van der Waals surface area contributed by atoms with Crippen molar-refractivity contribution in [2.24, 2.45) is 0 Å². The summed E-state index contributed by atoms with van der Waals surface area (Å²) in [5, 5.41) is 24.9. The van der Waals surface area contributed by atoms with Gasteiger partial charge in [0, 0.05) is 16.7 Å². The van der Waals surface area contributed by atoms with E-state index in [1.54, 1.807) is 0 Å². The summed E-state index contributed by atoms with van der Waals surface area (Å²) in [6.07, 6.45) is 1.38. The summed E-state index contributed by atoms with van der Waals surface area (Å²) in [7, 11) is 1.42. The number of tetrazole rings is 1. The third kappa shape index (κ3) is 2.92. The van der Waals surface area contributed by atoms with Crippen LogP contribution in [0.2, 0.25) is 0 Å². The number of methoxy groups -OCH3 is 1. The lowest BCUT2D eigenvalue weighted by atomic mass is 10.2. The lowest BCUT2D eigenvalue weighted by Gasteiger charge is -2.10. The summed E-state index contributed by atoms with van der Waals surface area (Å²) in [5.74, 6) is -0.00217. The second-order valence-corrected chi connectivity index (χ2v) is 4.37. The van der Waals surface area contributed by atoms with Crippen LogP contribution in [0.5, 0.6) is 5.75 Å². The molecule has 0 saturated carbocycles. The summed E-state index contributed by atoms with van der Waals surface area (Å²) in [6, 6.07) is 4.43. The van der Waals surface area contributed by atoms with Gasteiger partial charge in [0.15, 0.2) is 0 Å². The molecule has 7 nitrogen and oxygen atoms in total. The van der Waals surface area contributed by atoms with Gasteiger partial charge in [0.05, 0.1) is 12.8 Å². The number of aromatic nitrogens is 4. The molecule has 0 aliphatic carbocycles. The van der Waals surface area contributed by atoms with E-state index < -0.39 is 5.82 Å². The van der Waals surface area contributed by atoms with Crippen LogP contribution in [0.3, 0.4) is 0 Å². The number of anilines is 1. The van der Waals surface area contributed by atoms with Gasteiger partial charge < -0.3 is 10.1 Å². The molecule has 1 heterocycles. The van der Waals surface area contributed by atoms with Crippen LogP contribution >= 0.6 is 15.9 Å². The van der Waals surface area contributed by atoms with E-state index >= 15 is 0 Å². The molecule has 0 atom stereocenters.